The molecule has 0 radical (unpaired) electrons. The van der Waals surface area contributed by atoms with Gasteiger partial charge in [-0.1, -0.05) is 18.0 Å². The van der Waals surface area contributed by atoms with Crippen molar-refractivity contribution in [1.29, 1.82) is 0 Å². The van der Waals surface area contributed by atoms with Crippen molar-refractivity contribution in [2.75, 3.05) is 11.4 Å². The lowest BCUT2D eigenvalue weighted by atomic mass is 10.1. The van der Waals surface area contributed by atoms with Gasteiger partial charge in [0.05, 0.1) is 6.04 Å². The van der Waals surface area contributed by atoms with Gasteiger partial charge in [-0.3, -0.25) is 0 Å². The minimum absolute atomic E-state index is 0.166. The van der Waals surface area contributed by atoms with E-state index in [-0.39, 0.29) is 6.04 Å². The minimum Gasteiger partial charge on any atom is -0.345 e. The van der Waals surface area contributed by atoms with E-state index in [4.69, 9.17) is 4.52 Å². The molecule has 2 aromatic heterocycles. The Morgan fingerprint density at radius 2 is 2.00 bits per heavy atom. The maximum Gasteiger partial charge on any atom is 0.435 e. The summed E-state index contributed by atoms with van der Waals surface area (Å²) in [5, 5.41) is 11.0. The van der Waals surface area contributed by atoms with Crippen LogP contribution in [0.5, 0.6) is 0 Å². The van der Waals surface area contributed by atoms with Gasteiger partial charge in [0.1, 0.15) is 0 Å². The first-order valence-corrected chi connectivity index (χ1v) is 7.43. The van der Waals surface area contributed by atoms with E-state index in [1.165, 1.54) is 6.07 Å². The van der Waals surface area contributed by atoms with Gasteiger partial charge in [-0.2, -0.15) is 18.2 Å². The van der Waals surface area contributed by atoms with Crippen molar-refractivity contribution in [3.8, 4) is 0 Å². The van der Waals surface area contributed by atoms with Crippen LogP contribution in [0, 0.1) is 6.92 Å². The molecule has 1 atom stereocenters. The van der Waals surface area contributed by atoms with Crippen LogP contribution in [0.15, 0.2) is 16.7 Å². The number of hydrogen-bond donors (Lipinski definition) is 0. The van der Waals surface area contributed by atoms with Crippen LogP contribution in [-0.4, -0.2) is 26.9 Å². The monoisotopic (exact) mass is 327 g/mol. The fraction of sp³-hybridized carbons (Fsp3) is 0.571. The normalized spacial score (nSPS) is 19.7. The van der Waals surface area contributed by atoms with Crippen LogP contribution in [-0.2, 0) is 6.18 Å². The fourth-order valence-electron chi connectivity index (χ4n) is 2.73. The Kier molecular flexibility index (Phi) is 4.18. The maximum absolute atomic E-state index is 12.6. The predicted molar refractivity (Wildman–Crippen MR) is 74.6 cm³/mol. The molecule has 1 unspecified atom stereocenters. The molecule has 0 N–H and O–H groups in total. The summed E-state index contributed by atoms with van der Waals surface area (Å²) in [6.45, 7) is 2.37. The molecule has 1 fully saturated rings. The summed E-state index contributed by atoms with van der Waals surface area (Å²) in [6.07, 6.45) is -0.743. The minimum atomic E-state index is -4.49. The Hall–Kier alpha value is -2.19. The molecule has 3 heterocycles. The van der Waals surface area contributed by atoms with Gasteiger partial charge in [0, 0.05) is 13.5 Å². The molecule has 124 valence electrons. The van der Waals surface area contributed by atoms with E-state index < -0.39 is 11.9 Å². The zero-order valence-corrected chi connectivity index (χ0v) is 12.5. The zero-order chi connectivity index (χ0) is 16.4. The molecule has 1 aliphatic heterocycles. The Labute approximate surface area is 130 Å². The van der Waals surface area contributed by atoms with Crippen LogP contribution in [0.1, 0.15) is 49.1 Å². The smallest absolute Gasteiger partial charge is 0.345 e. The fourth-order valence-corrected chi connectivity index (χ4v) is 2.73. The summed E-state index contributed by atoms with van der Waals surface area (Å²) in [6, 6.07) is 2.13. The highest BCUT2D eigenvalue weighted by molar-refractivity contribution is 5.40. The van der Waals surface area contributed by atoms with Crippen molar-refractivity contribution in [2.45, 2.75) is 44.8 Å². The van der Waals surface area contributed by atoms with Crippen LogP contribution < -0.4 is 4.90 Å². The largest absolute Gasteiger partial charge is 0.435 e. The van der Waals surface area contributed by atoms with Crippen LogP contribution >= 0.6 is 0 Å². The summed E-state index contributed by atoms with van der Waals surface area (Å²) in [4.78, 5) is 6.17. The highest BCUT2D eigenvalue weighted by Crippen LogP contribution is 2.33. The van der Waals surface area contributed by atoms with E-state index in [9.17, 15) is 13.2 Å². The molecule has 6 nitrogen and oxygen atoms in total. The molecule has 1 aliphatic rings. The second-order valence-electron chi connectivity index (χ2n) is 5.50. The highest BCUT2D eigenvalue weighted by Gasteiger charge is 2.34. The molecular weight excluding hydrogens is 311 g/mol. The van der Waals surface area contributed by atoms with Crippen molar-refractivity contribution >= 4 is 5.82 Å². The zero-order valence-electron chi connectivity index (χ0n) is 12.5. The second kappa shape index (κ2) is 6.13. The lowest BCUT2D eigenvalue weighted by Gasteiger charge is -2.28. The Morgan fingerprint density at radius 3 is 2.61 bits per heavy atom. The summed E-state index contributed by atoms with van der Waals surface area (Å²) in [5.74, 6) is 1.39. The van der Waals surface area contributed by atoms with E-state index >= 15 is 0 Å². The van der Waals surface area contributed by atoms with Gasteiger partial charge in [-0.15, -0.1) is 10.2 Å². The van der Waals surface area contributed by atoms with E-state index in [2.05, 4.69) is 20.3 Å². The maximum atomic E-state index is 12.6. The molecule has 0 aliphatic carbocycles. The summed E-state index contributed by atoms with van der Waals surface area (Å²) < 4.78 is 42.9. The molecule has 0 saturated carbocycles. The standard InChI is InChI=1S/C14H16F3N5O/c1-9-18-13(21-23-9)10-5-3-2-4-8-22(10)12-7-6-11(19-20-12)14(15,16)17/h6-7,10H,2-5,8H2,1H3. The SMILES string of the molecule is Cc1nc(C2CCCCCN2c2ccc(C(F)(F)F)nn2)no1. The predicted octanol–water partition coefficient (Wildman–Crippen LogP) is 3.31. The highest BCUT2D eigenvalue weighted by atomic mass is 19.4. The number of rotatable bonds is 2. The number of hydrogen-bond acceptors (Lipinski definition) is 6. The van der Waals surface area contributed by atoms with E-state index in [0.717, 1.165) is 31.7 Å². The first kappa shape index (κ1) is 15.7. The molecule has 23 heavy (non-hydrogen) atoms. The number of halogens is 3. The first-order valence-electron chi connectivity index (χ1n) is 7.43. The molecule has 2 aromatic rings. The van der Waals surface area contributed by atoms with Gasteiger partial charge in [0.25, 0.3) is 0 Å². The molecule has 0 spiro atoms. The van der Waals surface area contributed by atoms with Crippen LogP contribution in [0.4, 0.5) is 19.0 Å². The number of aryl methyl sites for hydroxylation is 1. The molecular formula is C14H16F3N5O. The second-order valence-corrected chi connectivity index (χ2v) is 5.50. The van der Waals surface area contributed by atoms with Gasteiger partial charge in [0.15, 0.2) is 17.3 Å². The van der Waals surface area contributed by atoms with Gasteiger partial charge in [0.2, 0.25) is 5.89 Å². The third kappa shape index (κ3) is 3.43. The Morgan fingerprint density at radius 1 is 1.17 bits per heavy atom. The van der Waals surface area contributed by atoms with E-state index in [0.29, 0.717) is 24.1 Å². The molecule has 3 rings (SSSR count). The van der Waals surface area contributed by atoms with Crippen molar-refractivity contribution in [2.24, 2.45) is 0 Å². The van der Waals surface area contributed by atoms with Crippen molar-refractivity contribution in [3.63, 3.8) is 0 Å². The average Bonchev–Trinajstić information content (AvgIpc) is 2.80. The number of anilines is 1. The third-order valence-corrected chi connectivity index (χ3v) is 3.83. The van der Waals surface area contributed by atoms with Gasteiger partial charge in [-0.05, 0) is 25.0 Å². The molecule has 0 amide bonds. The van der Waals surface area contributed by atoms with Crippen LogP contribution in [0.2, 0.25) is 0 Å². The third-order valence-electron chi connectivity index (χ3n) is 3.83. The summed E-state index contributed by atoms with van der Waals surface area (Å²) in [7, 11) is 0. The number of alkyl halides is 3. The van der Waals surface area contributed by atoms with E-state index in [1.807, 2.05) is 4.90 Å². The topological polar surface area (TPSA) is 67.9 Å². The summed E-state index contributed by atoms with van der Waals surface area (Å²) in [5.41, 5.74) is -0.997. The molecule has 0 aromatic carbocycles. The quantitative estimate of drug-likeness (QED) is 0.843. The van der Waals surface area contributed by atoms with E-state index in [1.54, 1.807) is 6.92 Å². The van der Waals surface area contributed by atoms with Crippen LogP contribution in [0.3, 0.4) is 0 Å². The van der Waals surface area contributed by atoms with Gasteiger partial charge >= 0.3 is 6.18 Å². The molecule has 1 saturated heterocycles. The van der Waals surface area contributed by atoms with Gasteiger partial charge in [-0.25, -0.2) is 0 Å². The van der Waals surface area contributed by atoms with Crippen molar-refractivity contribution in [3.05, 3.63) is 29.5 Å². The summed E-state index contributed by atoms with van der Waals surface area (Å²) >= 11 is 0. The molecule has 0 bridgehead atoms. The lowest BCUT2D eigenvalue weighted by Crippen LogP contribution is -2.30. The Bertz CT molecular complexity index is 655. The number of nitrogens with zero attached hydrogens (tertiary/aromatic N) is 5. The van der Waals surface area contributed by atoms with Crippen molar-refractivity contribution < 1.29 is 17.7 Å². The van der Waals surface area contributed by atoms with Crippen molar-refractivity contribution in [1.82, 2.24) is 20.3 Å². The molecule has 9 heteroatoms. The average molecular weight is 327 g/mol. The first-order chi connectivity index (χ1) is 10.9. The Balaban J connectivity index is 1.90. The lowest BCUT2D eigenvalue weighted by molar-refractivity contribution is -0.141. The number of aromatic nitrogens is 4. The van der Waals surface area contributed by atoms with Crippen LogP contribution in [0.25, 0.3) is 0 Å². The van der Waals surface area contributed by atoms with Gasteiger partial charge < -0.3 is 9.42 Å².